The van der Waals surface area contributed by atoms with Crippen LogP contribution in [0, 0.1) is 0 Å². The predicted molar refractivity (Wildman–Crippen MR) is 55.0 cm³/mol. The van der Waals surface area contributed by atoms with Crippen molar-refractivity contribution in [3.8, 4) is 11.5 Å². The highest BCUT2D eigenvalue weighted by Crippen LogP contribution is 2.23. The molecule has 14 heavy (non-hydrogen) atoms. The predicted octanol–water partition coefficient (Wildman–Crippen LogP) is 2.92. The molecule has 0 bridgehead atoms. The monoisotopic (exact) mass is 251 g/mol. The maximum Gasteiger partial charge on any atom is 0.225 e. The van der Waals surface area contributed by atoms with Crippen LogP contribution in [0.15, 0.2) is 39.5 Å². The van der Waals surface area contributed by atoms with Crippen LogP contribution in [0.1, 0.15) is 10.4 Å². The van der Waals surface area contributed by atoms with Gasteiger partial charge in [0.15, 0.2) is 6.29 Å². The molecule has 2 aromatic rings. The number of rotatable bonds is 2. The molecule has 0 N–H and O–H groups in total. The van der Waals surface area contributed by atoms with Gasteiger partial charge in [0.2, 0.25) is 5.89 Å². The van der Waals surface area contributed by atoms with Gasteiger partial charge >= 0.3 is 0 Å². The van der Waals surface area contributed by atoms with Crippen molar-refractivity contribution >= 4 is 22.2 Å². The van der Waals surface area contributed by atoms with Gasteiger partial charge in [-0.15, -0.1) is 0 Å². The van der Waals surface area contributed by atoms with Crippen molar-refractivity contribution in [2.75, 3.05) is 0 Å². The van der Waals surface area contributed by atoms with Crippen LogP contribution >= 0.6 is 15.9 Å². The number of carbonyl (C=O) groups is 1. The number of benzene rings is 1. The van der Waals surface area contributed by atoms with Crippen LogP contribution in [0.5, 0.6) is 0 Å². The van der Waals surface area contributed by atoms with Crippen molar-refractivity contribution in [3.63, 3.8) is 0 Å². The molecule has 0 saturated carbocycles. The number of hydrogen-bond donors (Lipinski definition) is 0. The van der Waals surface area contributed by atoms with Gasteiger partial charge in [0, 0.05) is 15.6 Å². The Morgan fingerprint density at radius 3 is 2.93 bits per heavy atom. The molecule has 0 fully saturated rings. The van der Waals surface area contributed by atoms with Crippen molar-refractivity contribution < 1.29 is 9.21 Å². The highest BCUT2D eigenvalue weighted by Gasteiger charge is 2.05. The Hall–Kier alpha value is -1.42. The van der Waals surface area contributed by atoms with Gasteiger partial charge in [0.1, 0.15) is 6.26 Å². The quantitative estimate of drug-likeness (QED) is 0.771. The fourth-order valence-electron chi connectivity index (χ4n) is 1.13. The molecule has 1 heterocycles. The third-order valence-corrected chi connectivity index (χ3v) is 2.52. The Kier molecular flexibility index (Phi) is 2.45. The normalized spacial score (nSPS) is 10.1. The Bertz CT molecular complexity index is 451. The number of nitrogens with zero attached hydrogens (tertiary/aromatic N) is 1. The lowest BCUT2D eigenvalue weighted by Crippen LogP contribution is -1.84. The van der Waals surface area contributed by atoms with E-state index in [0.717, 1.165) is 16.3 Å². The molecule has 1 aromatic carbocycles. The lowest BCUT2D eigenvalue weighted by Gasteiger charge is -1.98. The molecule has 2 rings (SSSR count). The SMILES string of the molecule is O=Cc1cc(-c2ncco2)ccc1Br. The van der Waals surface area contributed by atoms with E-state index in [1.54, 1.807) is 18.3 Å². The molecular formula is C10H6BrNO2. The van der Waals surface area contributed by atoms with Gasteiger partial charge in [-0.2, -0.15) is 0 Å². The van der Waals surface area contributed by atoms with E-state index in [-0.39, 0.29) is 0 Å². The Labute approximate surface area is 88.9 Å². The third kappa shape index (κ3) is 1.61. The Morgan fingerprint density at radius 1 is 1.43 bits per heavy atom. The summed E-state index contributed by atoms with van der Waals surface area (Å²) in [4.78, 5) is 14.7. The van der Waals surface area contributed by atoms with Crippen LogP contribution in [0.3, 0.4) is 0 Å². The minimum absolute atomic E-state index is 0.514. The molecular weight excluding hydrogens is 246 g/mol. The van der Waals surface area contributed by atoms with Gasteiger partial charge in [-0.1, -0.05) is 15.9 Å². The lowest BCUT2D eigenvalue weighted by molar-refractivity contribution is 0.112. The van der Waals surface area contributed by atoms with E-state index in [1.165, 1.54) is 6.26 Å². The maximum atomic E-state index is 10.7. The number of aldehydes is 1. The van der Waals surface area contributed by atoms with E-state index >= 15 is 0 Å². The van der Waals surface area contributed by atoms with E-state index < -0.39 is 0 Å². The average molecular weight is 252 g/mol. The summed E-state index contributed by atoms with van der Waals surface area (Å²) in [5.41, 5.74) is 1.38. The van der Waals surface area contributed by atoms with Crippen LogP contribution in [-0.2, 0) is 0 Å². The number of oxazole rings is 1. The summed E-state index contributed by atoms with van der Waals surface area (Å²) < 4.78 is 5.88. The van der Waals surface area contributed by atoms with Gasteiger partial charge in [-0.3, -0.25) is 4.79 Å². The first-order valence-electron chi connectivity index (χ1n) is 3.96. The summed E-state index contributed by atoms with van der Waals surface area (Å²) in [5.74, 6) is 0.514. The Balaban J connectivity index is 2.51. The zero-order valence-electron chi connectivity index (χ0n) is 7.11. The molecule has 0 aliphatic carbocycles. The van der Waals surface area contributed by atoms with Crippen LogP contribution in [0.2, 0.25) is 0 Å². The van der Waals surface area contributed by atoms with E-state index in [4.69, 9.17) is 4.42 Å². The highest BCUT2D eigenvalue weighted by molar-refractivity contribution is 9.10. The molecule has 70 valence electrons. The molecule has 0 spiro atoms. The van der Waals surface area contributed by atoms with Gasteiger partial charge in [0.25, 0.3) is 0 Å². The van der Waals surface area contributed by atoms with Crippen molar-refractivity contribution in [2.24, 2.45) is 0 Å². The van der Waals surface area contributed by atoms with Crippen molar-refractivity contribution in [3.05, 3.63) is 40.7 Å². The lowest BCUT2D eigenvalue weighted by atomic mass is 10.1. The van der Waals surface area contributed by atoms with Crippen LogP contribution in [0.4, 0.5) is 0 Å². The van der Waals surface area contributed by atoms with Gasteiger partial charge in [-0.25, -0.2) is 4.98 Å². The number of halogens is 1. The second-order valence-electron chi connectivity index (χ2n) is 2.69. The van der Waals surface area contributed by atoms with Gasteiger partial charge in [-0.05, 0) is 18.2 Å². The maximum absolute atomic E-state index is 10.7. The van der Waals surface area contributed by atoms with Crippen molar-refractivity contribution in [2.45, 2.75) is 0 Å². The zero-order valence-corrected chi connectivity index (χ0v) is 8.69. The standard InChI is InChI=1S/C10H6BrNO2/c11-9-2-1-7(5-8(9)6-13)10-12-3-4-14-10/h1-6H. The topological polar surface area (TPSA) is 43.1 Å². The van der Waals surface area contributed by atoms with E-state index in [2.05, 4.69) is 20.9 Å². The summed E-state index contributed by atoms with van der Waals surface area (Å²) in [6, 6.07) is 5.36. The molecule has 3 nitrogen and oxygen atoms in total. The second-order valence-corrected chi connectivity index (χ2v) is 3.55. The summed E-state index contributed by atoms with van der Waals surface area (Å²) >= 11 is 3.27. The number of carbonyl (C=O) groups excluding carboxylic acids is 1. The summed E-state index contributed by atoms with van der Waals surface area (Å²) in [6.07, 6.45) is 3.85. The first-order chi connectivity index (χ1) is 6.81. The molecule has 0 atom stereocenters. The zero-order chi connectivity index (χ0) is 9.97. The second kappa shape index (κ2) is 3.75. The molecule has 4 heteroatoms. The van der Waals surface area contributed by atoms with Crippen LogP contribution in [-0.4, -0.2) is 11.3 Å². The molecule has 0 saturated heterocycles. The molecule has 0 aliphatic rings. The van der Waals surface area contributed by atoms with E-state index in [0.29, 0.717) is 11.5 Å². The third-order valence-electron chi connectivity index (χ3n) is 1.80. The van der Waals surface area contributed by atoms with Gasteiger partial charge < -0.3 is 4.42 Å². The van der Waals surface area contributed by atoms with Crippen molar-refractivity contribution in [1.29, 1.82) is 0 Å². The minimum Gasteiger partial charge on any atom is -0.445 e. The molecule has 0 aliphatic heterocycles. The number of aromatic nitrogens is 1. The fraction of sp³-hybridized carbons (Fsp3) is 0. The largest absolute Gasteiger partial charge is 0.445 e. The fourth-order valence-corrected chi connectivity index (χ4v) is 1.47. The van der Waals surface area contributed by atoms with Crippen LogP contribution in [0.25, 0.3) is 11.5 Å². The van der Waals surface area contributed by atoms with Crippen molar-refractivity contribution in [1.82, 2.24) is 4.98 Å². The minimum atomic E-state index is 0.514. The van der Waals surface area contributed by atoms with Gasteiger partial charge in [0.05, 0.1) is 6.20 Å². The first kappa shape index (κ1) is 9.15. The average Bonchev–Trinajstić information content (AvgIpc) is 2.71. The summed E-state index contributed by atoms with van der Waals surface area (Å²) in [7, 11) is 0. The molecule has 0 radical (unpaired) electrons. The summed E-state index contributed by atoms with van der Waals surface area (Å²) in [6.45, 7) is 0. The Morgan fingerprint density at radius 2 is 2.29 bits per heavy atom. The molecule has 0 amide bonds. The van der Waals surface area contributed by atoms with Crippen LogP contribution < -0.4 is 0 Å². The van der Waals surface area contributed by atoms with E-state index in [9.17, 15) is 4.79 Å². The van der Waals surface area contributed by atoms with E-state index in [1.807, 2.05) is 6.07 Å². The first-order valence-corrected chi connectivity index (χ1v) is 4.75. The number of hydrogen-bond acceptors (Lipinski definition) is 3. The molecule has 1 aromatic heterocycles. The smallest absolute Gasteiger partial charge is 0.225 e. The summed E-state index contributed by atoms with van der Waals surface area (Å²) in [5, 5.41) is 0. The molecule has 0 unspecified atom stereocenters. The highest BCUT2D eigenvalue weighted by atomic mass is 79.9.